The Morgan fingerprint density at radius 2 is 2.05 bits per heavy atom. The molecule has 2 aliphatic rings. The number of nitrogens with zero attached hydrogens (tertiary/aromatic N) is 3. The van der Waals surface area contributed by atoms with Gasteiger partial charge in [0.15, 0.2) is 0 Å². The molecule has 1 aliphatic carbocycles. The summed E-state index contributed by atoms with van der Waals surface area (Å²) in [4.78, 5) is 19.5. The van der Waals surface area contributed by atoms with Gasteiger partial charge in [-0.2, -0.15) is 0 Å². The Balaban J connectivity index is 1.60. The van der Waals surface area contributed by atoms with Gasteiger partial charge in [-0.1, -0.05) is 13.3 Å². The van der Waals surface area contributed by atoms with Crippen molar-refractivity contribution >= 4 is 5.91 Å². The largest absolute Gasteiger partial charge is 0.342 e. The van der Waals surface area contributed by atoms with E-state index in [1.807, 2.05) is 14.0 Å². The molecule has 0 aromatic carbocycles. The van der Waals surface area contributed by atoms with Crippen molar-refractivity contribution in [3.63, 3.8) is 0 Å². The molecule has 3 rings (SSSR count). The molecule has 22 heavy (non-hydrogen) atoms. The highest BCUT2D eigenvalue weighted by Crippen LogP contribution is 2.30. The summed E-state index contributed by atoms with van der Waals surface area (Å²) in [6.07, 6.45) is 10.2. The highest BCUT2D eigenvalue weighted by molar-refractivity contribution is 5.79. The number of carbonyl (C=O) groups excluding carboxylic acids is 1. The van der Waals surface area contributed by atoms with Crippen LogP contribution in [0.4, 0.5) is 0 Å². The summed E-state index contributed by atoms with van der Waals surface area (Å²) in [5, 5.41) is 0. The zero-order valence-electron chi connectivity index (χ0n) is 14.2. The molecule has 1 aliphatic heterocycles. The van der Waals surface area contributed by atoms with Crippen LogP contribution in [-0.4, -0.2) is 33.4 Å². The third kappa shape index (κ3) is 3.06. The highest BCUT2D eigenvalue weighted by Gasteiger charge is 2.32. The summed E-state index contributed by atoms with van der Waals surface area (Å²) < 4.78 is 2.18. The minimum atomic E-state index is 0.134. The zero-order valence-corrected chi connectivity index (χ0v) is 14.2. The van der Waals surface area contributed by atoms with Crippen LogP contribution in [0.3, 0.4) is 0 Å². The number of hydrogen-bond donors (Lipinski definition) is 0. The molecular weight excluding hydrogens is 274 g/mol. The van der Waals surface area contributed by atoms with Crippen molar-refractivity contribution in [1.29, 1.82) is 0 Å². The van der Waals surface area contributed by atoms with E-state index in [2.05, 4.69) is 27.6 Å². The smallest absolute Gasteiger partial charge is 0.227 e. The van der Waals surface area contributed by atoms with Crippen LogP contribution < -0.4 is 0 Å². The Hall–Kier alpha value is -1.32. The minimum absolute atomic E-state index is 0.134. The fourth-order valence-electron chi connectivity index (χ4n) is 4.20. The van der Waals surface area contributed by atoms with Gasteiger partial charge in [0.05, 0.1) is 11.6 Å². The standard InChI is InChI=1S/C18H29N3O/c1-4-14-5-8-16(9-6-14)20(3)18(22)15-7-10-17-19-13(2)11-21(17)12-15/h11,14-16H,4-10,12H2,1-3H3. The van der Waals surface area contributed by atoms with Crippen molar-refractivity contribution in [2.45, 2.75) is 71.4 Å². The van der Waals surface area contributed by atoms with Crippen molar-refractivity contribution < 1.29 is 4.79 Å². The lowest BCUT2D eigenvalue weighted by Crippen LogP contribution is -2.44. The second kappa shape index (κ2) is 6.43. The first kappa shape index (κ1) is 15.6. The Kier molecular flexibility index (Phi) is 4.55. The molecule has 1 aromatic heterocycles. The van der Waals surface area contributed by atoms with Crippen LogP contribution in [0.15, 0.2) is 6.20 Å². The maximum absolute atomic E-state index is 12.9. The number of fused-ring (bicyclic) bond motifs is 1. The number of rotatable bonds is 3. The van der Waals surface area contributed by atoms with Crippen LogP contribution in [0, 0.1) is 18.8 Å². The summed E-state index contributed by atoms with van der Waals surface area (Å²) in [6, 6.07) is 0.459. The second-order valence-electron chi connectivity index (χ2n) is 7.22. The third-order valence-corrected chi connectivity index (χ3v) is 5.75. The molecule has 122 valence electrons. The molecule has 1 fully saturated rings. The molecule has 0 N–H and O–H groups in total. The monoisotopic (exact) mass is 303 g/mol. The van der Waals surface area contributed by atoms with Gasteiger partial charge >= 0.3 is 0 Å². The van der Waals surface area contributed by atoms with Gasteiger partial charge in [0.25, 0.3) is 0 Å². The van der Waals surface area contributed by atoms with Crippen molar-refractivity contribution in [2.24, 2.45) is 11.8 Å². The molecule has 1 saturated carbocycles. The number of aromatic nitrogens is 2. The topological polar surface area (TPSA) is 38.1 Å². The summed E-state index contributed by atoms with van der Waals surface area (Å²) in [7, 11) is 2.02. The van der Waals surface area contributed by atoms with Crippen LogP contribution >= 0.6 is 0 Å². The summed E-state index contributed by atoms with van der Waals surface area (Å²) >= 11 is 0. The Labute approximate surface area is 133 Å². The molecule has 4 nitrogen and oxygen atoms in total. The number of imidazole rings is 1. The molecular formula is C18H29N3O. The quantitative estimate of drug-likeness (QED) is 0.860. The van der Waals surface area contributed by atoms with E-state index in [0.717, 1.165) is 36.8 Å². The Bertz CT molecular complexity index is 528. The number of aryl methyl sites for hydroxylation is 2. The fourth-order valence-corrected chi connectivity index (χ4v) is 4.20. The van der Waals surface area contributed by atoms with Gasteiger partial charge < -0.3 is 9.47 Å². The lowest BCUT2D eigenvalue weighted by atomic mass is 9.83. The molecule has 0 spiro atoms. The van der Waals surface area contributed by atoms with Gasteiger partial charge in [0.1, 0.15) is 5.82 Å². The first-order chi connectivity index (χ1) is 10.6. The predicted octanol–water partition coefficient (Wildman–Crippen LogP) is 3.18. The van der Waals surface area contributed by atoms with E-state index in [-0.39, 0.29) is 5.92 Å². The van der Waals surface area contributed by atoms with Crippen LogP contribution in [0.1, 0.15) is 57.0 Å². The molecule has 4 heteroatoms. The molecule has 1 unspecified atom stereocenters. The minimum Gasteiger partial charge on any atom is -0.342 e. The maximum atomic E-state index is 12.9. The van der Waals surface area contributed by atoms with Gasteiger partial charge in [0, 0.05) is 32.3 Å². The van der Waals surface area contributed by atoms with Crippen molar-refractivity contribution in [3.8, 4) is 0 Å². The molecule has 1 amide bonds. The number of hydrogen-bond acceptors (Lipinski definition) is 2. The Morgan fingerprint density at radius 1 is 1.32 bits per heavy atom. The second-order valence-corrected chi connectivity index (χ2v) is 7.22. The third-order valence-electron chi connectivity index (χ3n) is 5.75. The van der Waals surface area contributed by atoms with E-state index in [1.165, 1.54) is 32.1 Å². The van der Waals surface area contributed by atoms with Crippen LogP contribution in [0.25, 0.3) is 0 Å². The van der Waals surface area contributed by atoms with Crippen molar-refractivity contribution in [3.05, 3.63) is 17.7 Å². The lowest BCUT2D eigenvalue weighted by molar-refractivity contribution is -0.138. The van der Waals surface area contributed by atoms with E-state index in [1.54, 1.807) is 0 Å². The van der Waals surface area contributed by atoms with Crippen LogP contribution in [0.2, 0.25) is 0 Å². The van der Waals surface area contributed by atoms with Gasteiger partial charge in [0.2, 0.25) is 5.91 Å². The van der Waals surface area contributed by atoms with E-state index in [4.69, 9.17) is 0 Å². The predicted molar refractivity (Wildman–Crippen MR) is 87.6 cm³/mol. The van der Waals surface area contributed by atoms with E-state index < -0.39 is 0 Å². The van der Waals surface area contributed by atoms with Crippen LogP contribution in [0.5, 0.6) is 0 Å². The number of amides is 1. The Morgan fingerprint density at radius 3 is 2.73 bits per heavy atom. The average Bonchev–Trinajstić information content (AvgIpc) is 2.92. The summed E-state index contributed by atoms with van der Waals surface area (Å²) in [6.45, 7) is 5.12. The van der Waals surface area contributed by atoms with Crippen molar-refractivity contribution in [2.75, 3.05) is 7.05 Å². The molecule has 1 atom stereocenters. The van der Waals surface area contributed by atoms with Crippen LogP contribution in [-0.2, 0) is 17.8 Å². The maximum Gasteiger partial charge on any atom is 0.227 e. The number of carbonyl (C=O) groups is 1. The van der Waals surface area contributed by atoms with Gasteiger partial charge in [-0.05, 0) is 44.9 Å². The van der Waals surface area contributed by atoms with Gasteiger partial charge in [-0.15, -0.1) is 0 Å². The van der Waals surface area contributed by atoms with E-state index >= 15 is 0 Å². The van der Waals surface area contributed by atoms with E-state index in [0.29, 0.717) is 11.9 Å². The first-order valence-corrected chi connectivity index (χ1v) is 8.87. The van der Waals surface area contributed by atoms with Crippen molar-refractivity contribution in [1.82, 2.24) is 14.5 Å². The average molecular weight is 303 g/mol. The summed E-state index contributed by atoms with van der Waals surface area (Å²) in [5.41, 5.74) is 1.06. The van der Waals surface area contributed by atoms with Gasteiger partial charge in [-0.3, -0.25) is 4.79 Å². The highest BCUT2D eigenvalue weighted by atomic mass is 16.2. The molecule has 1 aromatic rings. The first-order valence-electron chi connectivity index (χ1n) is 8.87. The molecule has 0 saturated heterocycles. The summed E-state index contributed by atoms with van der Waals surface area (Å²) in [5.74, 6) is 2.51. The SMILES string of the molecule is CCC1CCC(N(C)C(=O)C2CCc3nc(C)cn3C2)CC1. The molecule has 0 bridgehead atoms. The normalized spacial score (nSPS) is 28.2. The molecule has 0 radical (unpaired) electrons. The van der Waals surface area contributed by atoms with E-state index in [9.17, 15) is 4.79 Å². The zero-order chi connectivity index (χ0) is 15.7. The lowest BCUT2D eigenvalue weighted by Gasteiger charge is -2.37. The fraction of sp³-hybridized carbons (Fsp3) is 0.778. The van der Waals surface area contributed by atoms with Gasteiger partial charge in [-0.25, -0.2) is 4.98 Å². The molecule has 2 heterocycles.